The Hall–Kier alpha value is 1.21. The minimum Gasteiger partial charge on any atom is -1.00 e. The molecule has 0 saturated carbocycles. The predicted octanol–water partition coefficient (Wildman–Crippen LogP) is -2.99. The van der Waals surface area contributed by atoms with E-state index in [2.05, 4.69) is 6.92 Å². The molecule has 0 fully saturated rings. The molecule has 0 saturated heterocycles. The summed E-state index contributed by atoms with van der Waals surface area (Å²) >= 11 is 0. The minimum absolute atomic E-state index is 0. The number of carbonyl (C=O) groups excluding carboxylic acids is 1. The van der Waals surface area contributed by atoms with E-state index < -0.39 is 0 Å². The second-order valence-corrected chi connectivity index (χ2v) is 3.36. The molecule has 0 aromatic heterocycles. The van der Waals surface area contributed by atoms with Gasteiger partial charge in [0.2, 0.25) is 5.91 Å². The SMILES string of the molecule is CCCCCCCCC=CC(N)=O.[H-].[H-].[Na+].[Na+]. The van der Waals surface area contributed by atoms with E-state index in [1.165, 1.54) is 44.6 Å². The van der Waals surface area contributed by atoms with Crippen LogP contribution in [0.5, 0.6) is 0 Å². The topological polar surface area (TPSA) is 43.1 Å². The normalized spacial score (nSPS) is 9.40. The number of amides is 1. The summed E-state index contributed by atoms with van der Waals surface area (Å²) in [6.07, 6.45) is 12.0. The van der Waals surface area contributed by atoms with E-state index in [-0.39, 0.29) is 67.9 Å². The number of hydrogen-bond acceptors (Lipinski definition) is 1. The molecule has 0 atom stereocenters. The summed E-state index contributed by atoms with van der Waals surface area (Å²) in [6, 6.07) is 0. The van der Waals surface area contributed by atoms with Crippen molar-refractivity contribution in [2.45, 2.75) is 51.9 Å². The minimum atomic E-state index is -0.342. The van der Waals surface area contributed by atoms with Crippen molar-refractivity contribution in [1.82, 2.24) is 0 Å². The van der Waals surface area contributed by atoms with Gasteiger partial charge in [-0.15, -0.1) is 0 Å². The fourth-order valence-corrected chi connectivity index (χ4v) is 1.24. The van der Waals surface area contributed by atoms with Crippen molar-refractivity contribution in [1.29, 1.82) is 0 Å². The smallest absolute Gasteiger partial charge is 1.00 e. The van der Waals surface area contributed by atoms with Crippen molar-refractivity contribution < 1.29 is 66.8 Å². The predicted molar refractivity (Wildman–Crippen MR) is 58.6 cm³/mol. The largest absolute Gasteiger partial charge is 1.00 e. The standard InChI is InChI=1S/C11H21NO.2Na.2H/c1-2-3-4-5-6-7-8-9-10-11(12)13;;;;/h9-10H,2-8H2,1H3,(H2,12,13);;;;/q;2*+1;2*-1. The van der Waals surface area contributed by atoms with Crippen molar-refractivity contribution in [3.05, 3.63) is 12.2 Å². The number of primary amides is 1. The molecule has 0 unspecified atom stereocenters. The van der Waals surface area contributed by atoms with Crippen LogP contribution in [0.25, 0.3) is 0 Å². The molecule has 0 aromatic rings. The summed E-state index contributed by atoms with van der Waals surface area (Å²) in [4.78, 5) is 10.3. The molecule has 80 valence electrons. The fourth-order valence-electron chi connectivity index (χ4n) is 1.24. The van der Waals surface area contributed by atoms with Crippen LogP contribution in [-0.4, -0.2) is 5.91 Å². The number of hydrogen-bond donors (Lipinski definition) is 1. The Morgan fingerprint density at radius 3 is 2.20 bits per heavy atom. The molecule has 0 aliphatic carbocycles. The van der Waals surface area contributed by atoms with Crippen LogP contribution in [-0.2, 0) is 4.79 Å². The maximum Gasteiger partial charge on any atom is 1.00 e. The molecule has 0 bridgehead atoms. The molecule has 1 amide bonds. The van der Waals surface area contributed by atoms with Crippen LogP contribution >= 0.6 is 0 Å². The number of rotatable bonds is 8. The summed E-state index contributed by atoms with van der Waals surface area (Å²) in [5.74, 6) is -0.342. The van der Waals surface area contributed by atoms with Crippen LogP contribution in [0.15, 0.2) is 12.2 Å². The molecule has 2 nitrogen and oxygen atoms in total. The molecule has 15 heavy (non-hydrogen) atoms. The molecule has 4 heteroatoms. The van der Waals surface area contributed by atoms with Gasteiger partial charge in [0, 0.05) is 0 Å². The van der Waals surface area contributed by atoms with Gasteiger partial charge in [-0.05, 0) is 18.9 Å². The van der Waals surface area contributed by atoms with Crippen LogP contribution in [0, 0.1) is 0 Å². The third-order valence-electron chi connectivity index (χ3n) is 2.01. The molecule has 2 N–H and O–H groups in total. The summed E-state index contributed by atoms with van der Waals surface area (Å²) in [5, 5.41) is 0. The van der Waals surface area contributed by atoms with Crippen molar-refractivity contribution in [3.63, 3.8) is 0 Å². The monoisotopic (exact) mass is 231 g/mol. The van der Waals surface area contributed by atoms with Gasteiger partial charge in [-0.1, -0.05) is 45.1 Å². The molecule has 0 spiro atoms. The number of carbonyl (C=O) groups is 1. The fraction of sp³-hybridized carbons (Fsp3) is 0.727. The molecule has 0 radical (unpaired) electrons. The second-order valence-electron chi connectivity index (χ2n) is 3.36. The summed E-state index contributed by atoms with van der Waals surface area (Å²) in [5.41, 5.74) is 4.95. The van der Waals surface area contributed by atoms with Gasteiger partial charge in [0.05, 0.1) is 0 Å². The van der Waals surface area contributed by atoms with Gasteiger partial charge in [-0.3, -0.25) is 4.79 Å². The Kier molecular flexibility index (Phi) is 25.2. The Labute approximate surface area is 141 Å². The average molecular weight is 231 g/mol. The molecule has 0 heterocycles. The van der Waals surface area contributed by atoms with E-state index >= 15 is 0 Å². The zero-order chi connectivity index (χ0) is 9.94. The second kappa shape index (κ2) is 17.6. The van der Waals surface area contributed by atoms with Crippen LogP contribution in [0.1, 0.15) is 54.7 Å². The maximum atomic E-state index is 10.3. The Morgan fingerprint density at radius 1 is 1.13 bits per heavy atom. The van der Waals surface area contributed by atoms with Crippen LogP contribution in [0.3, 0.4) is 0 Å². The maximum absolute atomic E-state index is 10.3. The number of unbranched alkanes of at least 4 members (excludes halogenated alkanes) is 6. The van der Waals surface area contributed by atoms with E-state index in [0.717, 1.165) is 6.42 Å². The average Bonchev–Trinajstić information content (AvgIpc) is 2.09. The number of nitrogens with two attached hydrogens (primary N) is 1. The van der Waals surface area contributed by atoms with Crippen molar-refractivity contribution in [3.8, 4) is 0 Å². The summed E-state index contributed by atoms with van der Waals surface area (Å²) in [6.45, 7) is 2.22. The van der Waals surface area contributed by atoms with E-state index in [0.29, 0.717) is 0 Å². The van der Waals surface area contributed by atoms with Gasteiger partial charge in [-0.25, -0.2) is 0 Å². The van der Waals surface area contributed by atoms with Crippen molar-refractivity contribution >= 4 is 5.91 Å². The van der Waals surface area contributed by atoms with Crippen molar-refractivity contribution in [2.75, 3.05) is 0 Å². The van der Waals surface area contributed by atoms with Gasteiger partial charge in [-0.2, -0.15) is 0 Å². The first-order valence-electron chi connectivity index (χ1n) is 5.23. The first-order chi connectivity index (χ1) is 6.27. The van der Waals surface area contributed by atoms with E-state index in [1.54, 1.807) is 0 Å². The van der Waals surface area contributed by atoms with Crippen LogP contribution in [0.4, 0.5) is 0 Å². The van der Waals surface area contributed by atoms with Gasteiger partial charge >= 0.3 is 59.1 Å². The Balaban J connectivity index is -0.000000120. The Morgan fingerprint density at radius 2 is 1.67 bits per heavy atom. The molecular weight excluding hydrogens is 208 g/mol. The molecule has 0 aromatic carbocycles. The number of allylic oxidation sites excluding steroid dienone is 1. The van der Waals surface area contributed by atoms with Gasteiger partial charge < -0.3 is 8.59 Å². The third kappa shape index (κ3) is 21.1. The summed E-state index contributed by atoms with van der Waals surface area (Å²) in [7, 11) is 0. The molecule has 0 aliphatic rings. The van der Waals surface area contributed by atoms with E-state index in [1.807, 2.05) is 6.08 Å². The van der Waals surface area contributed by atoms with Crippen LogP contribution in [0.2, 0.25) is 0 Å². The van der Waals surface area contributed by atoms with E-state index in [4.69, 9.17) is 5.73 Å². The zero-order valence-electron chi connectivity index (χ0n) is 12.6. The van der Waals surface area contributed by atoms with E-state index in [9.17, 15) is 4.79 Å². The summed E-state index contributed by atoms with van der Waals surface area (Å²) < 4.78 is 0. The molecule has 0 aliphatic heterocycles. The van der Waals surface area contributed by atoms with Crippen molar-refractivity contribution in [2.24, 2.45) is 5.73 Å². The van der Waals surface area contributed by atoms with Gasteiger partial charge in [0.1, 0.15) is 0 Å². The quantitative estimate of drug-likeness (QED) is 0.270. The molecular formula is C11H23NNa2O. The zero-order valence-corrected chi connectivity index (χ0v) is 14.6. The first kappa shape index (κ1) is 21.5. The Bertz CT molecular complexity index is 170. The van der Waals surface area contributed by atoms with Crippen LogP contribution < -0.4 is 64.8 Å². The molecule has 0 rings (SSSR count). The van der Waals surface area contributed by atoms with Gasteiger partial charge in [0.15, 0.2) is 0 Å². The first-order valence-corrected chi connectivity index (χ1v) is 5.23. The third-order valence-corrected chi connectivity index (χ3v) is 2.01. The van der Waals surface area contributed by atoms with Gasteiger partial charge in [0.25, 0.3) is 0 Å².